The maximum atomic E-state index is 12.0. The van der Waals surface area contributed by atoms with Crippen LogP contribution in [0, 0.1) is 5.92 Å². The highest BCUT2D eigenvalue weighted by molar-refractivity contribution is 5.79. The molecule has 1 aromatic heterocycles. The molecule has 3 N–H and O–H groups in total. The lowest BCUT2D eigenvalue weighted by Crippen LogP contribution is -2.43. The van der Waals surface area contributed by atoms with E-state index in [-0.39, 0.29) is 17.9 Å². The van der Waals surface area contributed by atoms with Gasteiger partial charge in [-0.3, -0.25) is 4.79 Å². The number of nitrogens with two attached hydrogens (primary N) is 1. The fraction of sp³-hybridized carbons (Fsp3) is 0.615. The van der Waals surface area contributed by atoms with Crippen molar-refractivity contribution in [1.82, 2.24) is 9.88 Å². The summed E-state index contributed by atoms with van der Waals surface area (Å²) in [5.74, 6) is 0.113. The highest BCUT2D eigenvalue weighted by atomic mass is 16.1. The number of aromatic nitrogens is 1. The Kier molecular flexibility index (Phi) is 3.84. The van der Waals surface area contributed by atoms with Gasteiger partial charge in [-0.2, -0.15) is 0 Å². The summed E-state index contributed by atoms with van der Waals surface area (Å²) in [6.45, 7) is 0.589. The van der Waals surface area contributed by atoms with Crippen molar-refractivity contribution < 1.29 is 4.79 Å². The number of carbonyl (C=O) groups is 1. The van der Waals surface area contributed by atoms with Gasteiger partial charge in [-0.25, -0.2) is 0 Å². The maximum Gasteiger partial charge on any atom is 0.224 e. The van der Waals surface area contributed by atoms with Crippen LogP contribution in [-0.2, 0) is 18.4 Å². The van der Waals surface area contributed by atoms with Crippen molar-refractivity contribution in [3.63, 3.8) is 0 Å². The normalized spacial score (nSPS) is 24.6. The van der Waals surface area contributed by atoms with Crippen LogP contribution in [0.25, 0.3) is 0 Å². The van der Waals surface area contributed by atoms with Crippen molar-refractivity contribution in [2.24, 2.45) is 18.7 Å². The number of hydrogen-bond acceptors (Lipinski definition) is 2. The van der Waals surface area contributed by atoms with Crippen molar-refractivity contribution >= 4 is 5.91 Å². The third-order valence-electron chi connectivity index (χ3n) is 3.65. The zero-order valence-corrected chi connectivity index (χ0v) is 10.4. The second-order valence-electron chi connectivity index (χ2n) is 4.88. The van der Waals surface area contributed by atoms with E-state index in [0.717, 1.165) is 31.4 Å². The van der Waals surface area contributed by atoms with Gasteiger partial charge in [0.1, 0.15) is 0 Å². The number of amides is 1. The van der Waals surface area contributed by atoms with Gasteiger partial charge in [-0.05, 0) is 25.0 Å². The Bertz CT molecular complexity index is 386. The van der Waals surface area contributed by atoms with Gasteiger partial charge in [-0.15, -0.1) is 0 Å². The van der Waals surface area contributed by atoms with E-state index in [9.17, 15) is 4.79 Å². The fourth-order valence-corrected chi connectivity index (χ4v) is 2.47. The Balaban J connectivity index is 1.86. The number of rotatable bonds is 3. The Morgan fingerprint density at radius 2 is 2.29 bits per heavy atom. The van der Waals surface area contributed by atoms with Gasteiger partial charge in [0.25, 0.3) is 0 Å². The van der Waals surface area contributed by atoms with Crippen LogP contribution >= 0.6 is 0 Å². The molecule has 0 bridgehead atoms. The molecule has 0 aromatic carbocycles. The van der Waals surface area contributed by atoms with Gasteiger partial charge >= 0.3 is 0 Å². The summed E-state index contributed by atoms with van der Waals surface area (Å²) in [5.41, 5.74) is 7.11. The van der Waals surface area contributed by atoms with E-state index in [1.165, 1.54) is 0 Å². The smallest absolute Gasteiger partial charge is 0.224 e. The monoisotopic (exact) mass is 235 g/mol. The molecule has 1 aromatic rings. The summed E-state index contributed by atoms with van der Waals surface area (Å²) in [4.78, 5) is 12.0. The molecular weight excluding hydrogens is 214 g/mol. The Morgan fingerprint density at radius 3 is 2.94 bits per heavy atom. The first-order valence-electron chi connectivity index (χ1n) is 6.32. The van der Waals surface area contributed by atoms with Crippen LogP contribution in [0.15, 0.2) is 18.3 Å². The van der Waals surface area contributed by atoms with E-state index in [0.29, 0.717) is 6.54 Å². The highest BCUT2D eigenvalue weighted by Gasteiger charge is 2.27. The summed E-state index contributed by atoms with van der Waals surface area (Å²) in [7, 11) is 1.98. The third kappa shape index (κ3) is 2.88. The molecule has 1 aliphatic rings. The lowest BCUT2D eigenvalue weighted by Gasteiger charge is -2.27. The zero-order chi connectivity index (χ0) is 12.3. The van der Waals surface area contributed by atoms with Gasteiger partial charge in [0, 0.05) is 25.0 Å². The Hall–Kier alpha value is -1.29. The number of nitrogens with zero attached hydrogens (tertiary/aromatic N) is 1. The molecule has 2 atom stereocenters. The molecule has 0 radical (unpaired) electrons. The quantitative estimate of drug-likeness (QED) is 0.826. The Labute approximate surface area is 102 Å². The van der Waals surface area contributed by atoms with Crippen molar-refractivity contribution in [2.75, 3.05) is 0 Å². The summed E-state index contributed by atoms with van der Waals surface area (Å²) in [5, 5.41) is 2.99. The molecule has 1 amide bonds. The Morgan fingerprint density at radius 1 is 1.53 bits per heavy atom. The van der Waals surface area contributed by atoms with E-state index in [1.807, 2.05) is 29.9 Å². The first kappa shape index (κ1) is 12.2. The summed E-state index contributed by atoms with van der Waals surface area (Å²) in [6.07, 6.45) is 6.16. The summed E-state index contributed by atoms with van der Waals surface area (Å²) >= 11 is 0. The molecule has 0 aliphatic heterocycles. The SMILES string of the molecule is Cn1cccc1CNC(=O)C1CCCCC1N. The number of hydrogen-bond donors (Lipinski definition) is 2. The van der Waals surface area contributed by atoms with Crippen molar-refractivity contribution in [3.05, 3.63) is 24.0 Å². The highest BCUT2D eigenvalue weighted by Crippen LogP contribution is 2.23. The van der Waals surface area contributed by atoms with Crippen LogP contribution in [0.5, 0.6) is 0 Å². The second kappa shape index (κ2) is 5.36. The van der Waals surface area contributed by atoms with E-state index in [2.05, 4.69) is 5.32 Å². The predicted molar refractivity (Wildman–Crippen MR) is 67.2 cm³/mol. The summed E-state index contributed by atoms with van der Waals surface area (Å²) in [6, 6.07) is 4.03. The molecule has 4 nitrogen and oxygen atoms in total. The molecule has 2 unspecified atom stereocenters. The van der Waals surface area contributed by atoms with Crippen LogP contribution in [-0.4, -0.2) is 16.5 Å². The third-order valence-corrected chi connectivity index (χ3v) is 3.65. The predicted octanol–water partition coefficient (Wildman–Crippen LogP) is 1.16. The van der Waals surface area contributed by atoms with Crippen LogP contribution in [0.3, 0.4) is 0 Å². The second-order valence-corrected chi connectivity index (χ2v) is 4.88. The van der Waals surface area contributed by atoms with E-state index >= 15 is 0 Å². The first-order valence-corrected chi connectivity index (χ1v) is 6.32. The largest absolute Gasteiger partial charge is 0.353 e. The molecule has 1 aliphatic carbocycles. The van der Waals surface area contributed by atoms with Gasteiger partial charge in [0.15, 0.2) is 0 Å². The molecule has 2 rings (SSSR count). The van der Waals surface area contributed by atoms with Gasteiger partial charge in [0.05, 0.1) is 12.5 Å². The van der Waals surface area contributed by atoms with Crippen molar-refractivity contribution in [1.29, 1.82) is 0 Å². The maximum absolute atomic E-state index is 12.0. The minimum absolute atomic E-state index is 0.00372. The molecule has 4 heteroatoms. The van der Waals surface area contributed by atoms with E-state index in [1.54, 1.807) is 0 Å². The topological polar surface area (TPSA) is 60.0 Å². The van der Waals surface area contributed by atoms with Gasteiger partial charge < -0.3 is 15.6 Å². The van der Waals surface area contributed by atoms with Crippen LogP contribution < -0.4 is 11.1 Å². The number of carbonyl (C=O) groups excluding carboxylic acids is 1. The fourth-order valence-electron chi connectivity index (χ4n) is 2.47. The average Bonchev–Trinajstić information content (AvgIpc) is 2.72. The molecule has 1 saturated carbocycles. The van der Waals surface area contributed by atoms with Crippen LogP contribution in [0.1, 0.15) is 31.4 Å². The molecule has 0 saturated heterocycles. The first-order chi connectivity index (χ1) is 8.18. The van der Waals surface area contributed by atoms with Crippen molar-refractivity contribution in [2.45, 2.75) is 38.3 Å². The standard InChI is InChI=1S/C13H21N3O/c1-16-8-4-5-10(16)9-15-13(17)11-6-2-3-7-12(11)14/h4-5,8,11-12H,2-3,6-7,9,14H2,1H3,(H,15,17). The number of nitrogens with one attached hydrogen (secondary N) is 1. The minimum Gasteiger partial charge on any atom is -0.353 e. The van der Waals surface area contributed by atoms with Gasteiger partial charge in [0.2, 0.25) is 5.91 Å². The molecule has 1 fully saturated rings. The molecule has 94 valence electrons. The molecule has 1 heterocycles. The van der Waals surface area contributed by atoms with Crippen molar-refractivity contribution in [3.8, 4) is 0 Å². The molecule has 0 spiro atoms. The van der Waals surface area contributed by atoms with E-state index < -0.39 is 0 Å². The molecule has 17 heavy (non-hydrogen) atoms. The van der Waals surface area contributed by atoms with Gasteiger partial charge in [-0.1, -0.05) is 12.8 Å². The lowest BCUT2D eigenvalue weighted by molar-refractivity contribution is -0.126. The number of aryl methyl sites for hydroxylation is 1. The van der Waals surface area contributed by atoms with E-state index in [4.69, 9.17) is 5.73 Å². The zero-order valence-electron chi connectivity index (χ0n) is 10.4. The minimum atomic E-state index is 0.00372. The summed E-state index contributed by atoms with van der Waals surface area (Å²) < 4.78 is 2.01. The molecular formula is C13H21N3O. The lowest BCUT2D eigenvalue weighted by atomic mass is 9.84. The van der Waals surface area contributed by atoms with Crippen LogP contribution in [0.2, 0.25) is 0 Å². The van der Waals surface area contributed by atoms with Crippen LogP contribution in [0.4, 0.5) is 0 Å². The average molecular weight is 235 g/mol.